The van der Waals surface area contributed by atoms with E-state index in [0.29, 0.717) is 12.4 Å². The van der Waals surface area contributed by atoms with Crippen LogP contribution in [0.5, 0.6) is 0 Å². The number of hydrogen-bond acceptors (Lipinski definition) is 5. The number of aromatic nitrogens is 1. The van der Waals surface area contributed by atoms with E-state index in [1.54, 1.807) is 23.2 Å². The highest BCUT2D eigenvalue weighted by atomic mass is 16.5. The van der Waals surface area contributed by atoms with Gasteiger partial charge in [0, 0.05) is 51.1 Å². The van der Waals surface area contributed by atoms with Crippen molar-refractivity contribution in [2.75, 3.05) is 39.1 Å². The molecule has 2 aromatic carbocycles. The van der Waals surface area contributed by atoms with E-state index in [-0.39, 0.29) is 5.91 Å². The Morgan fingerprint density at radius 3 is 2.69 bits per heavy atom. The third-order valence-corrected chi connectivity index (χ3v) is 5.95. The normalized spacial score (nSPS) is 14.8. The number of carbonyl (C=O) groups excluding carboxylic acids is 1. The molecule has 2 N–H and O–H groups in total. The van der Waals surface area contributed by atoms with Gasteiger partial charge in [-0.05, 0) is 46.5 Å². The van der Waals surface area contributed by atoms with Crippen LogP contribution in [-0.4, -0.2) is 54.0 Å². The predicted octanol–water partition coefficient (Wildman–Crippen LogP) is 3.63. The van der Waals surface area contributed by atoms with Gasteiger partial charge in [0.2, 0.25) is 5.91 Å². The van der Waals surface area contributed by atoms with Crippen LogP contribution in [0.4, 0.5) is 5.82 Å². The molecule has 1 aliphatic heterocycles. The highest BCUT2D eigenvalue weighted by Gasteiger charge is 2.13. The highest BCUT2D eigenvalue weighted by molar-refractivity contribution is 5.92. The zero-order valence-electron chi connectivity index (χ0n) is 18.8. The maximum atomic E-state index is 12.8. The number of hydrogen-bond donors (Lipinski definition) is 1. The second-order valence-corrected chi connectivity index (χ2v) is 8.32. The summed E-state index contributed by atoms with van der Waals surface area (Å²) in [5.74, 6) is 0.476. The maximum Gasteiger partial charge on any atom is 0.246 e. The Labute approximate surface area is 189 Å². The lowest BCUT2D eigenvalue weighted by Crippen LogP contribution is -2.35. The van der Waals surface area contributed by atoms with Gasteiger partial charge >= 0.3 is 0 Å². The second kappa shape index (κ2) is 9.94. The van der Waals surface area contributed by atoms with Crippen molar-refractivity contribution in [3.8, 4) is 0 Å². The smallest absolute Gasteiger partial charge is 0.246 e. The Kier molecular flexibility index (Phi) is 6.83. The third-order valence-electron chi connectivity index (χ3n) is 5.95. The SMILES string of the molecule is Cc1ccc(CN(C)C(=O)C=Cc2cnc(N)c(CN3CCOCC3)c2)c2ccccc12. The molecule has 1 aliphatic rings. The van der Waals surface area contributed by atoms with Crippen molar-refractivity contribution in [1.29, 1.82) is 0 Å². The van der Waals surface area contributed by atoms with E-state index in [0.717, 1.165) is 49.5 Å². The van der Waals surface area contributed by atoms with Crippen molar-refractivity contribution in [2.45, 2.75) is 20.0 Å². The number of anilines is 1. The Balaban J connectivity index is 1.44. The molecule has 0 bridgehead atoms. The average Bonchev–Trinajstić information content (AvgIpc) is 2.82. The van der Waals surface area contributed by atoms with Crippen LogP contribution in [0.15, 0.2) is 54.7 Å². The molecule has 6 nitrogen and oxygen atoms in total. The molecule has 1 aromatic heterocycles. The van der Waals surface area contributed by atoms with E-state index in [4.69, 9.17) is 10.5 Å². The molecular formula is C26H30N4O2. The zero-order valence-corrected chi connectivity index (χ0v) is 18.8. The lowest BCUT2D eigenvalue weighted by molar-refractivity contribution is -0.125. The first-order valence-electron chi connectivity index (χ1n) is 11.0. The molecule has 0 atom stereocenters. The monoisotopic (exact) mass is 430 g/mol. The predicted molar refractivity (Wildman–Crippen MR) is 129 cm³/mol. The van der Waals surface area contributed by atoms with Crippen LogP contribution in [0.25, 0.3) is 16.8 Å². The molecule has 2 heterocycles. The molecule has 6 heteroatoms. The van der Waals surface area contributed by atoms with Crippen LogP contribution in [0, 0.1) is 6.92 Å². The molecule has 0 aliphatic carbocycles. The number of carbonyl (C=O) groups is 1. The molecule has 3 aromatic rings. The van der Waals surface area contributed by atoms with Crippen molar-refractivity contribution in [3.63, 3.8) is 0 Å². The van der Waals surface area contributed by atoms with Gasteiger partial charge in [0.25, 0.3) is 0 Å². The molecular weight excluding hydrogens is 400 g/mol. The van der Waals surface area contributed by atoms with E-state index in [9.17, 15) is 4.79 Å². The van der Waals surface area contributed by atoms with E-state index in [1.807, 2.05) is 25.2 Å². The molecule has 1 saturated heterocycles. The molecule has 1 fully saturated rings. The summed E-state index contributed by atoms with van der Waals surface area (Å²) in [5.41, 5.74) is 10.3. The first kappa shape index (κ1) is 22.0. The second-order valence-electron chi connectivity index (χ2n) is 8.32. The van der Waals surface area contributed by atoms with Gasteiger partial charge in [-0.3, -0.25) is 9.69 Å². The molecule has 0 spiro atoms. The quantitative estimate of drug-likeness (QED) is 0.605. The van der Waals surface area contributed by atoms with Gasteiger partial charge in [0.05, 0.1) is 13.2 Å². The molecule has 4 rings (SSSR count). The Morgan fingerprint density at radius 1 is 1.16 bits per heavy atom. The molecule has 0 radical (unpaired) electrons. The number of fused-ring (bicyclic) bond motifs is 1. The summed E-state index contributed by atoms with van der Waals surface area (Å²) in [6, 6.07) is 14.5. The van der Waals surface area contributed by atoms with Crippen LogP contribution in [-0.2, 0) is 22.6 Å². The Morgan fingerprint density at radius 2 is 1.91 bits per heavy atom. The first-order chi connectivity index (χ1) is 15.5. The minimum Gasteiger partial charge on any atom is -0.383 e. The fourth-order valence-electron chi connectivity index (χ4n) is 4.04. The fraction of sp³-hybridized carbons (Fsp3) is 0.308. The summed E-state index contributed by atoms with van der Waals surface area (Å²) >= 11 is 0. The molecule has 0 saturated carbocycles. The van der Waals surface area contributed by atoms with Crippen molar-refractivity contribution >= 4 is 28.6 Å². The minimum atomic E-state index is -0.0544. The van der Waals surface area contributed by atoms with Crippen molar-refractivity contribution in [1.82, 2.24) is 14.8 Å². The largest absolute Gasteiger partial charge is 0.383 e. The summed E-state index contributed by atoms with van der Waals surface area (Å²) in [6.07, 6.45) is 5.11. The van der Waals surface area contributed by atoms with Crippen molar-refractivity contribution in [3.05, 3.63) is 77.0 Å². The average molecular weight is 431 g/mol. The lowest BCUT2D eigenvalue weighted by Gasteiger charge is -2.26. The number of nitrogens with two attached hydrogens (primary N) is 1. The number of amides is 1. The van der Waals surface area contributed by atoms with Gasteiger partial charge in [-0.2, -0.15) is 0 Å². The van der Waals surface area contributed by atoms with Gasteiger partial charge in [-0.15, -0.1) is 0 Å². The third kappa shape index (κ3) is 5.15. The summed E-state index contributed by atoms with van der Waals surface area (Å²) in [7, 11) is 1.83. The van der Waals surface area contributed by atoms with Gasteiger partial charge in [0.1, 0.15) is 5.82 Å². The van der Waals surface area contributed by atoms with Gasteiger partial charge < -0.3 is 15.4 Å². The van der Waals surface area contributed by atoms with Crippen molar-refractivity contribution in [2.24, 2.45) is 0 Å². The fourth-order valence-corrected chi connectivity index (χ4v) is 4.04. The van der Waals surface area contributed by atoms with Gasteiger partial charge in [-0.25, -0.2) is 4.98 Å². The van der Waals surface area contributed by atoms with E-state index < -0.39 is 0 Å². The molecule has 1 amide bonds. The standard InChI is InChI=1S/C26H30N4O2/c1-19-7-9-21(24-6-4-3-5-23(19)24)17-29(2)25(31)10-8-20-15-22(26(27)28-16-20)18-30-11-13-32-14-12-30/h3-10,15-16H,11-14,17-18H2,1-2H3,(H2,27,28). The molecule has 166 valence electrons. The van der Waals surface area contributed by atoms with Crippen LogP contribution in [0.2, 0.25) is 0 Å². The summed E-state index contributed by atoms with van der Waals surface area (Å²) in [6.45, 7) is 6.64. The van der Waals surface area contributed by atoms with Crippen LogP contribution in [0.3, 0.4) is 0 Å². The number of nitrogens with zero attached hydrogens (tertiary/aromatic N) is 3. The highest BCUT2D eigenvalue weighted by Crippen LogP contribution is 2.23. The van der Waals surface area contributed by atoms with Crippen LogP contribution in [0.1, 0.15) is 22.3 Å². The first-order valence-corrected chi connectivity index (χ1v) is 11.0. The van der Waals surface area contributed by atoms with E-state index in [2.05, 4.69) is 41.1 Å². The topological polar surface area (TPSA) is 71.7 Å². The lowest BCUT2D eigenvalue weighted by atomic mass is 10.00. The van der Waals surface area contributed by atoms with Crippen LogP contribution >= 0.6 is 0 Å². The van der Waals surface area contributed by atoms with Gasteiger partial charge in [0.15, 0.2) is 0 Å². The number of likely N-dealkylation sites (N-methyl/N-ethyl adjacent to an activating group) is 1. The number of aryl methyl sites for hydroxylation is 1. The minimum absolute atomic E-state index is 0.0544. The van der Waals surface area contributed by atoms with Crippen molar-refractivity contribution < 1.29 is 9.53 Å². The Bertz CT molecular complexity index is 1140. The maximum absolute atomic E-state index is 12.8. The summed E-state index contributed by atoms with van der Waals surface area (Å²) in [5, 5.41) is 2.41. The van der Waals surface area contributed by atoms with E-state index >= 15 is 0 Å². The van der Waals surface area contributed by atoms with E-state index in [1.165, 1.54) is 16.3 Å². The molecule has 0 unspecified atom stereocenters. The number of benzene rings is 2. The Hall–Kier alpha value is -3.22. The number of nitrogen functional groups attached to an aromatic ring is 1. The molecule has 32 heavy (non-hydrogen) atoms. The van der Waals surface area contributed by atoms with Crippen LogP contribution < -0.4 is 5.73 Å². The zero-order chi connectivity index (χ0) is 22.5. The number of rotatable bonds is 6. The summed E-state index contributed by atoms with van der Waals surface area (Å²) in [4.78, 5) is 21.1. The number of ether oxygens (including phenoxy) is 1. The van der Waals surface area contributed by atoms with Gasteiger partial charge in [-0.1, -0.05) is 36.4 Å². The number of pyridine rings is 1. The number of morpholine rings is 1. The summed E-state index contributed by atoms with van der Waals surface area (Å²) < 4.78 is 5.41.